The van der Waals surface area contributed by atoms with Crippen molar-refractivity contribution >= 4 is 23.3 Å². The smallest absolute Gasteiger partial charge is 0.333 e. The number of urea groups is 1. The number of aryl methyl sites for hydroxylation is 1. The molecule has 1 saturated heterocycles. The van der Waals surface area contributed by atoms with Crippen molar-refractivity contribution < 1.29 is 22.8 Å². The maximum absolute atomic E-state index is 12.7. The Labute approximate surface area is 154 Å². The van der Waals surface area contributed by atoms with Crippen LogP contribution in [-0.2, 0) is 11.0 Å². The van der Waals surface area contributed by atoms with Gasteiger partial charge in [0.1, 0.15) is 0 Å². The molecule has 2 aromatic rings. The molecular formula is C19H18F3N3O2. The number of rotatable bonds is 3. The number of carbonyl (C=O) groups excluding carboxylic acids is 2. The van der Waals surface area contributed by atoms with Gasteiger partial charge in [-0.25, -0.2) is 4.79 Å². The molecule has 0 aromatic heterocycles. The number of anilines is 2. The SMILES string of the molecule is Cc1ccc(N2C[C@@H](NC(=O)Nc3cccc(C(F)(F)F)c3)CC2=O)cc1. The third kappa shape index (κ3) is 4.58. The second kappa shape index (κ2) is 7.30. The van der Waals surface area contributed by atoms with Crippen LogP contribution in [0.1, 0.15) is 17.5 Å². The minimum atomic E-state index is -4.49. The van der Waals surface area contributed by atoms with Gasteiger partial charge >= 0.3 is 12.2 Å². The fourth-order valence-corrected chi connectivity index (χ4v) is 2.90. The van der Waals surface area contributed by atoms with Crippen molar-refractivity contribution in [3.63, 3.8) is 0 Å². The number of carbonyl (C=O) groups is 2. The molecule has 1 heterocycles. The van der Waals surface area contributed by atoms with E-state index in [1.165, 1.54) is 12.1 Å². The molecule has 142 valence electrons. The maximum atomic E-state index is 12.7. The highest BCUT2D eigenvalue weighted by molar-refractivity contribution is 5.97. The third-order valence-electron chi connectivity index (χ3n) is 4.25. The fraction of sp³-hybridized carbons (Fsp3) is 0.263. The first-order valence-corrected chi connectivity index (χ1v) is 8.34. The molecule has 3 rings (SSSR count). The summed E-state index contributed by atoms with van der Waals surface area (Å²) in [5.74, 6) is -0.122. The lowest BCUT2D eigenvalue weighted by Gasteiger charge is -2.18. The summed E-state index contributed by atoms with van der Waals surface area (Å²) in [6.07, 6.45) is -4.36. The van der Waals surface area contributed by atoms with Crippen molar-refractivity contribution in [2.45, 2.75) is 25.6 Å². The van der Waals surface area contributed by atoms with Gasteiger partial charge in [-0.15, -0.1) is 0 Å². The number of amides is 3. The second-order valence-corrected chi connectivity index (χ2v) is 6.42. The average molecular weight is 377 g/mol. The number of benzene rings is 2. The van der Waals surface area contributed by atoms with Gasteiger partial charge in [-0.3, -0.25) is 4.79 Å². The van der Waals surface area contributed by atoms with E-state index < -0.39 is 23.8 Å². The highest BCUT2D eigenvalue weighted by Gasteiger charge is 2.32. The molecule has 0 saturated carbocycles. The number of halogens is 3. The zero-order valence-corrected chi connectivity index (χ0v) is 14.5. The summed E-state index contributed by atoms with van der Waals surface area (Å²) in [4.78, 5) is 25.9. The molecular weight excluding hydrogens is 359 g/mol. The summed E-state index contributed by atoms with van der Waals surface area (Å²) >= 11 is 0. The van der Waals surface area contributed by atoms with Crippen LogP contribution in [0.3, 0.4) is 0 Å². The van der Waals surface area contributed by atoms with E-state index in [1.807, 2.05) is 31.2 Å². The number of nitrogens with zero attached hydrogens (tertiary/aromatic N) is 1. The van der Waals surface area contributed by atoms with E-state index in [2.05, 4.69) is 10.6 Å². The Morgan fingerprint density at radius 3 is 2.52 bits per heavy atom. The first kappa shape index (κ1) is 18.8. The van der Waals surface area contributed by atoms with E-state index in [0.717, 1.165) is 23.4 Å². The Morgan fingerprint density at radius 1 is 1.15 bits per heavy atom. The van der Waals surface area contributed by atoms with Crippen LogP contribution in [0.25, 0.3) is 0 Å². The standard InChI is InChI=1S/C19H18F3N3O2/c1-12-5-7-16(8-6-12)25-11-15(10-17(25)26)24-18(27)23-14-4-2-3-13(9-14)19(20,21)22/h2-9,15H,10-11H2,1H3,(H2,23,24,27)/t15-/m0/s1. The lowest BCUT2D eigenvalue weighted by atomic mass is 10.2. The molecule has 1 fully saturated rings. The molecule has 1 atom stereocenters. The molecule has 0 unspecified atom stereocenters. The van der Waals surface area contributed by atoms with E-state index in [0.29, 0.717) is 6.54 Å². The molecule has 3 amide bonds. The summed E-state index contributed by atoms with van der Waals surface area (Å²) in [5, 5.41) is 5.01. The molecule has 0 bridgehead atoms. The van der Waals surface area contributed by atoms with E-state index in [9.17, 15) is 22.8 Å². The van der Waals surface area contributed by atoms with Gasteiger partial charge in [0.15, 0.2) is 0 Å². The van der Waals surface area contributed by atoms with E-state index in [4.69, 9.17) is 0 Å². The van der Waals surface area contributed by atoms with Crippen molar-refractivity contribution in [3.05, 3.63) is 59.7 Å². The maximum Gasteiger partial charge on any atom is 0.416 e. The largest absolute Gasteiger partial charge is 0.416 e. The molecule has 5 nitrogen and oxygen atoms in total. The van der Waals surface area contributed by atoms with Gasteiger partial charge in [0, 0.05) is 24.3 Å². The van der Waals surface area contributed by atoms with Crippen LogP contribution < -0.4 is 15.5 Å². The van der Waals surface area contributed by atoms with Gasteiger partial charge in [-0.2, -0.15) is 13.2 Å². The minimum absolute atomic E-state index is 0.0297. The quantitative estimate of drug-likeness (QED) is 0.851. The van der Waals surface area contributed by atoms with Gasteiger partial charge in [-0.05, 0) is 37.3 Å². The molecule has 1 aliphatic heterocycles. The lowest BCUT2D eigenvalue weighted by molar-refractivity contribution is -0.137. The lowest BCUT2D eigenvalue weighted by Crippen LogP contribution is -2.39. The van der Waals surface area contributed by atoms with Crippen LogP contribution in [0.15, 0.2) is 48.5 Å². The normalized spacial score (nSPS) is 17.1. The second-order valence-electron chi connectivity index (χ2n) is 6.42. The monoisotopic (exact) mass is 377 g/mol. The van der Waals surface area contributed by atoms with E-state index in [1.54, 1.807) is 4.90 Å². The van der Waals surface area contributed by atoms with Crippen molar-refractivity contribution in [2.75, 3.05) is 16.8 Å². The van der Waals surface area contributed by atoms with E-state index in [-0.39, 0.29) is 18.0 Å². The molecule has 1 aliphatic rings. The predicted octanol–water partition coefficient (Wildman–Crippen LogP) is 3.94. The van der Waals surface area contributed by atoms with Crippen LogP contribution in [-0.4, -0.2) is 24.5 Å². The Kier molecular flexibility index (Phi) is 5.07. The highest BCUT2D eigenvalue weighted by atomic mass is 19.4. The summed E-state index contributed by atoms with van der Waals surface area (Å²) in [6.45, 7) is 2.25. The van der Waals surface area contributed by atoms with Gasteiger partial charge in [0.25, 0.3) is 0 Å². The molecule has 2 N–H and O–H groups in total. The van der Waals surface area contributed by atoms with Crippen molar-refractivity contribution in [1.82, 2.24) is 5.32 Å². The Hall–Kier alpha value is -3.03. The first-order valence-electron chi connectivity index (χ1n) is 8.34. The Balaban J connectivity index is 1.60. The Bertz CT molecular complexity index is 850. The topological polar surface area (TPSA) is 61.4 Å². The number of hydrogen-bond acceptors (Lipinski definition) is 2. The zero-order valence-electron chi connectivity index (χ0n) is 14.5. The molecule has 2 aromatic carbocycles. The van der Waals surface area contributed by atoms with E-state index >= 15 is 0 Å². The van der Waals surface area contributed by atoms with Crippen molar-refractivity contribution in [1.29, 1.82) is 0 Å². The average Bonchev–Trinajstić information content (AvgIpc) is 2.95. The van der Waals surface area contributed by atoms with Crippen LogP contribution >= 0.6 is 0 Å². The number of nitrogens with one attached hydrogen (secondary N) is 2. The van der Waals surface area contributed by atoms with Gasteiger partial charge < -0.3 is 15.5 Å². The summed E-state index contributed by atoms with van der Waals surface area (Å²) in [6, 6.07) is 10.7. The zero-order chi connectivity index (χ0) is 19.6. The third-order valence-corrected chi connectivity index (χ3v) is 4.25. The predicted molar refractivity (Wildman–Crippen MR) is 95.5 cm³/mol. The van der Waals surface area contributed by atoms with Gasteiger partial charge in [0.05, 0.1) is 11.6 Å². The van der Waals surface area contributed by atoms with Crippen LogP contribution in [0.5, 0.6) is 0 Å². The van der Waals surface area contributed by atoms with Crippen molar-refractivity contribution in [2.24, 2.45) is 0 Å². The van der Waals surface area contributed by atoms with Crippen LogP contribution in [0.2, 0.25) is 0 Å². The fourth-order valence-electron chi connectivity index (χ4n) is 2.90. The number of hydrogen-bond donors (Lipinski definition) is 2. The van der Waals surface area contributed by atoms with Gasteiger partial charge in [0.2, 0.25) is 5.91 Å². The Morgan fingerprint density at radius 2 is 1.85 bits per heavy atom. The molecule has 8 heteroatoms. The van der Waals surface area contributed by atoms with Crippen LogP contribution in [0.4, 0.5) is 29.3 Å². The molecule has 0 spiro atoms. The molecule has 0 aliphatic carbocycles. The minimum Gasteiger partial charge on any atom is -0.333 e. The van der Waals surface area contributed by atoms with Crippen LogP contribution in [0, 0.1) is 6.92 Å². The molecule has 27 heavy (non-hydrogen) atoms. The highest BCUT2D eigenvalue weighted by Crippen LogP contribution is 2.30. The van der Waals surface area contributed by atoms with Gasteiger partial charge in [-0.1, -0.05) is 23.8 Å². The summed E-state index contributed by atoms with van der Waals surface area (Å²) < 4.78 is 38.2. The molecule has 0 radical (unpaired) electrons. The summed E-state index contributed by atoms with van der Waals surface area (Å²) in [7, 11) is 0. The number of alkyl halides is 3. The van der Waals surface area contributed by atoms with Crippen molar-refractivity contribution in [3.8, 4) is 0 Å². The first-order chi connectivity index (χ1) is 12.7. The summed E-state index contributed by atoms with van der Waals surface area (Å²) in [5.41, 5.74) is 0.998.